The van der Waals surface area contributed by atoms with Gasteiger partial charge in [-0.1, -0.05) is 105 Å². The van der Waals surface area contributed by atoms with Crippen LogP contribution in [0.3, 0.4) is 0 Å². The highest BCUT2D eigenvalue weighted by molar-refractivity contribution is 5.69. The van der Waals surface area contributed by atoms with Crippen molar-refractivity contribution < 1.29 is 9.53 Å². The molecule has 2 atom stereocenters. The molecule has 0 saturated carbocycles. The Kier molecular flexibility index (Phi) is 17.9. The van der Waals surface area contributed by atoms with Gasteiger partial charge >= 0.3 is 5.97 Å². The summed E-state index contributed by atoms with van der Waals surface area (Å²) in [6, 6.07) is 0. The Morgan fingerprint density at radius 2 is 1.28 bits per heavy atom. The Labute approximate surface area is 158 Å². The lowest BCUT2D eigenvalue weighted by Crippen LogP contribution is -2.20. The second-order valence-corrected chi connectivity index (χ2v) is 7.93. The SMILES string of the molecule is CCCCCCCCCCCC(=O)OCC(CCC)C(C)CCCC. The molecular weight excluding hydrogens is 308 g/mol. The topological polar surface area (TPSA) is 26.3 Å². The molecule has 0 heterocycles. The maximum Gasteiger partial charge on any atom is 0.305 e. The zero-order valence-electron chi connectivity index (χ0n) is 17.8. The summed E-state index contributed by atoms with van der Waals surface area (Å²) in [5.74, 6) is 1.23. The summed E-state index contributed by atoms with van der Waals surface area (Å²) in [7, 11) is 0. The van der Waals surface area contributed by atoms with E-state index < -0.39 is 0 Å². The molecule has 0 aromatic rings. The predicted molar refractivity (Wildman–Crippen MR) is 110 cm³/mol. The van der Waals surface area contributed by atoms with Gasteiger partial charge in [0.1, 0.15) is 0 Å². The lowest BCUT2D eigenvalue weighted by molar-refractivity contribution is -0.145. The van der Waals surface area contributed by atoms with Crippen LogP contribution in [0, 0.1) is 11.8 Å². The minimum atomic E-state index is 0.0201. The van der Waals surface area contributed by atoms with Crippen molar-refractivity contribution in [3.63, 3.8) is 0 Å². The van der Waals surface area contributed by atoms with Crippen molar-refractivity contribution in [3.05, 3.63) is 0 Å². The van der Waals surface area contributed by atoms with E-state index in [1.54, 1.807) is 0 Å². The van der Waals surface area contributed by atoms with E-state index in [0.29, 0.717) is 24.9 Å². The molecule has 0 aromatic heterocycles. The normalized spacial score (nSPS) is 13.6. The molecule has 0 spiro atoms. The smallest absolute Gasteiger partial charge is 0.305 e. The fourth-order valence-electron chi connectivity index (χ4n) is 3.52. The van der Waals surface area contributed by atoms with Crippen LogP contribution >= 0.6 is 0 Å². The first kappa shape index (κ1) is 24.5. The molecule has 0 amide bonds. The van der Waals surface area contributed by atoms with Crippen molar-refractivity contribution >= 4 is 5.97 Å². The van der Waals surface area contributed by atoms with Gasteiger partial charge in [-0.2, -0.15) is 0 Å². The van der Waals surface area contributed by atoms with Gasteiger partial charge in [-0.25, -0.2) is 0 Å². The number of unbranched alkanes of at least 4 members (excludes halogenated alkanes) is 9. The van der Waals surface area contributed by atoms with Gasteiger partial charge in [0.2, 0.25) is 0 Å². The van der Waals surface area contributed by atoms with Crippen LogP contribution in [0.5, 0.6) is 0 Å². The number of ether oxygens (including phenoxy) is 1. The van der Waals surface area contributed by atoms with Crippen molar-refractivity contribution in [1.29, 1.82) is 0 Å². The number of hydrogen-bond acceptors (Lipinski definition) is 2. The van der Waals surface area contributed by atoms with Crippen molar-refractivity contribution in [2.24, 2.45) is 11.8 Å². The van der Waals surface area contributed by atoms with Gasteiger partial charge in [-0.3, -0.25) is 4.79 Å². The molecule has 2 unspecified atom stereocenters. The monoisotopic (exact) mass is 354 g/mol. The second kappa shape index (κ2) is 18.3. The number of carbonyl (C=O) groups excluding carboxylic acids is 1. The molecule has 0 aromatic carbocycles. The van der Waals surface area contributed by atoms with Crippen molar-refractivity contribution in [3.8, 4) is 0 Å². The highest BCUT2D eigenvalue weighted by atomic mass is 16.5. The molecule has 0 N–H and O–H groups in total. The lowest BCUT2D eigenvalue weighted by atomic mass is 9.87. The van der Waals surface area contributed by atoms with Crippen LogP contribution in [0.25, 0.3) is 0 Å². The van der Waals surface area contributed by atoms with Crippen molar-refractivity contribution in [2.45, 2.75) is 124 Å². The summed E-state index contributed by atoms with van der Waals surface area (Å²) in [5.41, 5.74) is 0. The zero-order chi connectivity index (χ0) is 18.8. The van der Waals surface area contributed by atoms with Crippen LogP contribution in [-0.2, 0) is 9.53 Å². The van der Waals surface area contributed by atoms with E-state index in [9.17, 15) is 4.79 Å². The quantitative estimate of drug-likeness (QED) is 0.186. The largest absolute Gasteiger partial charge is 0.465 e. The Balaban J connectivity index is 3.68. The van der Waals surface area contributed by atoms with Gasteiger partial charge in [0, 0.05) is 6.42 Å². The van der Waals surface area contributed by atoms with Crippen LogP contribution in [0.1, 0.15) is 124 Å². The van der Waals surface area contributed by atoms with Crippen LogP contribution < -0.4 is 0 Å². The van der Waals surface area contributed by atoms with Gasteiger partial charge < -0.3 is 4.74 Å². The molecule has 2 heteroatoms. The van der Waals surface area contributed by atoms with Crippen LogP contribution in [0.2, 0.25) is 0 Å². The Morgan fingerprint density at radius 1 is 0.720 bits per heavy atom. The molecular formula is C23H46O2. The van der Waals surface area contributed by atoms with Gasteiger partial charge in [0.05, 0.1) is 6.61 Å². The first-order chi connectivity index (χ1) is 12.2. The molecule has 0 radical (unpaired) electrons. The standard InChI is InChI=1S/C23H46O2/c1-5-8-10-11-12-13-14-15-16-19-23(24)25-20-22(17-7-3)21(4)18-9-6-2/h21-22H,5-20H2,1-4H3. The first-order valence-corrected chi connectivity index (χ1v) is 11.3. The highest BCUT2D eigenvalue weighted by Crippen LogP contribution is 2.23. The lowest BCUT2D eigenvalue weighted by Gasteiger charge is -2.23. The summed E-state index contributed by atoms with van der Waals surface area (Å²) in [5, 5.41) is 0. The number of carbonyl (C=O) groups is 1. The molecule has 0 aliphatic carbocycles. The van der Waals surface area contributed by atoms with E-state index in [4.69, 9.17) is 4.74 Å². The molecule has 2 nitrogen and oxygen atoms in total. The third kappa shape index (κ3) is 15.4. The van der Waals surface area contributed by atoms with Crippen LogP contribution in [-0.4, -0.2) is 12.6 Å². The van der Waals surface area contributed by atoms with Crippen molar-refractivity contribution in [1.82, 2.24) is 0 Å². The maximum absolute atomic E-state index is 12.0. The Morgan fingerprint density at radius 3 is 1.84 bits per heavy atom. The fourth-order valence-corrected chi connectivity index (χ4v) is 3.52. The third-order valence-corrected chi connectivity index (χ3v) is 5.42. The second-order valence-electron chi connectivity index (χ2n) is 7.93. The minimum absolute atomic E-state index is 0.0201. The average Bonchev–Trinajstić information content (AvgIpc) is 2.61. The third-order valence-electron chi connectivity index (χ3n) is 5.42. The molecule has 0 aliphatic heterocycles. The van der Waals surface area contributed by atoms with E-state index in [0.717, 1.165) is 6.42 Å². The van der Waals surface area contributed by atoms with Gasteiger partial charge in [-0.05, 0) is 24.7 Å². The number of hydrogen-bond donors (Lipinski definition) is 0. The first-order valence-electron chi connectivity index (χ1n) is 11.3. The summed E-state index contributed by atoms with van der Waals surface area (Å²) in [4.78, 5) is 12.0. The van der Waals surface area contributed by atoms with Crippen molar-refractivity contribution in [2.75, 3.05) is 6.61 Å². The molecule has 25 heavy (non-hydrogen) atoms. The van der Waals surface area contributed by atoms with Crippen LogP contribution in [0.15, 0.2) is 0 Å². The summed E-state index contributed by atoms with van der Waals surface area (Å²) >= 11 is 0. The number of rotatable bonds is 18. The Hall–Kier alpha value is -0.530. The van der Waals surface area contributed by atoms with Gasteiger partial charge in [0.15, 0.2) is 0 Å². The van der Waals surface area contributed by atoms with E-state index in [1.807, 2.05) is 0 Å². The van der Waals surface area contributed by atoms with E-state index in [-0.39, 0.29) is 5.97 Å². The predicted octanol–water partition coefficient (Wildman–Crippen LogP) is 7.69. The molecule has 0 aliphatic rings. The molecule has 0 bridgehead atoms. The average molecular weight is 355 g/mol. The molecule has 150 valence electrons. The zero-order valence-corrected chi connectivity index (χ0v) is 17.8. The maximum atomic E-state index is 12.0. The van der Waals surface area contributed by atoms with E-state index in [2.05, 4.69) is 27.7 Å². The van der Waals surface area contributed by atoms with Crippen LogP contribution in [0.4, 0.5) is 0 Å². The van der Waals surface area contributed by atoms with Gasteiger partial charge in [-0.15, -0.1) is 0 Å². The summed E-state index contributed by atoms with van der Waals surface area (Å²) in [6.45, 7) is 9.69. The molecule has 0 saturated heterocycles. The molecule has 0 fully saturated rings. The van der Waals surface area contributed by atoms with Gasteiger partial charge in [0.25, 0.3) is 0 Å². The van der Waals surface area contributed by atoms with E-state index >= 15 is 0 Å². The highest BCUT2D eigenvalue weighted by Gasteiger charge is 2.18. The minimum Gasteiger partial charge on any atom is -0.465 e. The summed E-state index contributed by atoms with van der Waals surface area (Å²) < 4.78 is 5.59. The summed E-state index contributed by atoms with van der Waals surface area (Å²) in [6.07, 6.45) is 18.4. The Bertz CT molecular complexity index is 288. The number of esters is 1. The van der Waals surface area contributed by atoms with E-state index in [1.165, 1.54) is 83.5 Å². The fraction of sp³-hybridized carbons (Fsp3) is 0.957. The molecule has 0 rings (SSSR count).